The molecule has 2 aliphatic rings. The van der Waals surface area contributed by atoms with Crippen molar-refractivity contribution in [3.63, 3.8) is 0 Å². The lowest BCUT2D eigenvalue weighted by Crippen LogP contribution is -2.15. The van der Waals surface area contributed by atoms with E-state index in [4.69, 9.17) is 0 Å². The second-order valence-electron chi connectivity index (χ2n) is 8.00. The number of ketones is 1. The highest BCUT2D eigenvalue weighted by Crippen LogP contribution is 2.35. The molecule has 5 nitrogen and oxygen atoms in total. The maximum Gasteiger partial charge on any atom is 0.231 e. The number of alkyl halides is 1. The first-order valence-corrected chi connectivity index (χ1v) is 10.2. The Hall–Kier alpha value is -3.15. The molecule has 3 atom stereocenters. The van der Waals surface area contributed by atoms with Gasteiger partial charge < -0.3 is 5.32 Å². The molecule has 4 rings (SSSR count). The number of hydrogen-bond acceptors (Lipinski definition) is 4. The first-order chi connectivity index (χ1) is 14.4. The summed E-state index contributed by atoms with van der Waals surface area (Å²) in [5.74, 6) is -0.515. The highest BCUT2D eigenvalue weighted by atomic mass is 19.1. The number of carbonyl (C=O) groups excluding carboxylic acids is 2. The van der Waals surface area contributed by atoms with Gasteiger partial charge in [0, 0.05) is 36.6 Å². The van der Waals surface area contributed by atoms with Crippen molar-refractivity contribution in [1.82, 2.24) is 9.97 Å². The van der Waals surface area contributed by atoms with Crippen LogP contribution in [0.2, 0.25) is 0 Å². The number of allylic oxidation sites excluding steroid dienone is 6. The Morgan fingerprint density at radius 1 is 1.17 bits per heavy atom. The Kier molecular flexibility index (Phi) is 5.33. The molecule has 156 valence electrons. The Morgan fingerprint density at radius 2 is 1.87 bits per heavy atom. The topological polar surface area (TPSA) is 72.0 Å². The van der Waals surface area contributed by atoms with Crippen LogP contribution in [-0.4, -0.2) is 27.8 Å². The van der Waals surface area contributed by atoms with Crippen LogP contribution >= 0.6 is 0 Å². The zero-order valence-corrected chi connectivity index (χ0v) is 17.3. The quantitative estimate of drug-likeness (QED) is 0.752. The summed E-state index contributed by atoms with van der Waals surface area (Å²) < 4.78 is 13.1. The third kappa shape index (κ3) is 4.08. The van der Waals surface area contributed by atoms with Crippen LogP contribution in [-0.2, 0) is 9.59 Å². The second kappa shape index (κ2) is 7.94. The normalized spacial score (nSPS) is 23.2. The molecule has 1 unspecified atom stereocenters. The van der Waals surface area contributed by atoms with E-state index in [2.05, 4.69) is 15.3 Å². The van der Waals surface area contributed by atoms with Gasteiger partial charge in [0.15, 0.2) is 0 Å². The highest BCUT2D eigenvalue weighted by molar-refractivity contribution is 5.96. The van der Waals surface area contributed by atoms with Crippen molar-refractivity contribution in [2.75, 3.05) is 5.32 Å². The summed E-state index contributed by atoms with van der Waals surface area (Å²) in [6.45, 7) is 5.86. The van der Waals surface area contributed by atoms with Crippen LogP contribution < -0.4 is 5.32 Å². The third-order valence-electron chi connectivity index (χ3n) is 5.57. The smallest absolute Gasteiger partial charge is 0.231 e. The zero-order chi connectivity index (χ0) is 21.4. The van der Waals surface area contributed by atoms with E-state index in [1.807, 2.05) is 45.1 Å². The molecule has 0 radical (unpaired) electrons. The molecular formula is C24H26FN3O2. The number of Topliss-reactive ketones (excluding diaryl/α,β-unsaturated/α-hetero) is 1. The van der Waals surface area contributed by atoms with Gasteiger partial charge in [-0.1, -0.05) is 24.6 Å². The molecule has 0 aliphatic heterocycles. The van der Waals surface area contributed by atoms with E-state index in [9.17, 15) is 14.0 Å². The van der Waals surface area contributed by atoms with E-state index in [0.29, 0.717) is 12.2 Å². The van der Waals surface area contributed by atoms with Gasteiger partial charge in [0.05, 0.1) is 17.5 Å². The molecule has 0 saturated heterocycles. The van der Waals surface area contributed by atoms with Crippen LogP contribution in [0.1, 0.15) is 40.7 Å². The van der Waals surface area contributed by atoms with E-state index in [1.165, 1.54) is 0 Å². The van der Waals surface area contributed by atoms with Crippen LogP contribution in [0.3, 0.4) is 0 Å². The summed E-state index contributed by atoms with van der Waals surface area (Å²) in [6, 6.07) is 3.69. The number of anilines is 1. The summed E-state index contributed by atoms with van der Waals surface area (Å²) in [5, 5.41) is 4.38. The molecule has 0 spiro atoms. The average Bonchev–Trinajstić information content (AvgIpc) is 3.49. The molecule has 2 aliphatic carbocycles. The van der Waals surface area contributed by atoms with Crippen LogP contribution in [0.4, 0.5) is 10.2 Å². The number of carbonyl (C=O) groups is 2. The number of nitrogens with one attached hydrogen (secondary N) is 1. The number of amides is 1. The Bertz CT molecular complexity index is 1140. The Labute approximate surface area is 176 Å². The number of pyridine rings is 2. The fourth-order valence-electron chi connectivity index (χ4n) is 3.69. The molecule has 6 heteroatoms. The first-order valence-electron chi connectivity index (χ1n) is 10.2. The van der Waals surface area contributed by atoms with Crippen molar-refractivity contribution in [2.24, 2.45) is 11.8 Å². The standard InChI is InChI=1S/C24H24FN3O2.H2/c1-4-22(29)15-5-13(2)6-18(14(3)7-15)21-8-16-12-27-23(9-17(16)11-26-21)28-24(30)19-10-20(19)25;/h5-9,11-12,15,19-20H,4,10H2,1-3H3,(H,27,28,30);1H/t15?,19-,20+;/m0./s1. The van der Waals surface area contributed by atoms with Crippen molar-refractivity contribution in [3.05, 3.63) is 59.6 Å². The number of fused-ring (bicyclic) bond motifs is 1. The number of nitrogens with zero attached hydrogens (tertiary/aromatic N) is 2. The summed E-state index contributed by atoms with van der Waals surface area (Å²) in [6.07, 6.45) is 9.19. The van der Waals surface area contributed by atoms with Gasteiger partial charge in [0.2, 0.25) is 5.91 Å². The summed E-state index contributed by atoms with van der Waals surface area (Å²) >= 11 is 0. The fraction of sp³-hybridized carbons (Fsp3) is 0.333. The predicted molar refractivity (Wildman–Crippen MR) is 118 cm³/mol. The lowest BCUT2D eigenvalue weighted by molar-refractivity contribution is -0.120. The maximum atomic E-state index is 13.1. The zero-order valence-electron chi connectivity index (χ0n) is 17.3. The van der Waals surface area contributed by atoms with Gasteiger partial charge in [-0.05, 0) is 44.1 Å². The van der Waals surface area contributed by atoms with Crippen LogP contribution in [0, 0.1) is 11.8 Å². The molecule has 0 bridgehead atoms. The maximum absolute atomic E-state index is 13.1. The van der Waals surface area contributed by atoms with Gasteiger partial charge in [-0.2, -0.15) is 0 Å². The second-order valence-corrected chi connectivity index (χ2v) is 8.00. The molecule has 2 aromatic rings. The van der Waals surface area contributed by atoms with Gasteiger partial charge >= 0.3 is 0 Å². The molecule has 1 N–H and O–H groups in total. The van der Waals surface area contributed by atoms with Gasteiger partial charge in [-0.15, -0.1) is 0 Å². The van der Waals surface area contributed by atoms with E-state index >= 15 is 0 Å². The molecular weight excluding hydrogens is 381 g/mol. The lowest BCUT2D eigenvalue weighted by Gasteiger charge is -2.10. The van der Waals surface area contributed by atoms with E-state index in [-0.39, 0.29) is 25.5 Å². The van der Waals surface area contributed by atoms with Crippen LogP contribution in [0.5, 0.6) is 0 Å². The van der Waals surface area contributed by atoms with Gasteiger partial charge in [-0.3, -0.25) is 14.6 Å². The predicted octanol–water partition coefficient (Wildman–Crippen LogP) is 5.06. The Morgan fingerprint density at radius 3 is 2.57 bits per heavy atom. The van der Waals surface area contributed by atoms with Crippen LogP contribution in [0.25, 0.3) is 16.3 Å². The van der Waals surface area contributed by atoms with Gasteiger partial charge in [0.1, 0.15) is 17.8 Å². The van der Waals surface area contributed by atoms with E-state index in [1.54, 1.807) is 18.5 Å². The summed E-state index contributed by atoms with van der Waals surface area (Å²) in [5.41, 5.74) is 3.79. The number of halogens is 1. The largest absolute Gasteiger partial charge is 0.310 e. The Balaban J connectivity index is 0.00000272. The van der Waals surface area contributed by atoms with Crippen molar-refractivity contribution in [1.29, 1.82) is 0 Å². The van der Waals surface area contributed by atoms with E-state index in [0.717, 1.165) is 33.2 Å². The summed E-state index contributed by atoms with van der Waals surface area (Å²) in [7, 11) is 0. The first kappa shape index (κ1) is 20.1. The van der Waals surface area contributed by atoms with E-state index < -0.39 is 12.1 Å². The number of hydrogen-bond donors (Lipinski definition) is 1. The molecule has 30 heavy (non-hydrogen) atoms. The van der Waals surface area contributed by atoms with Crippen molar-refractivity contribution < 1.29 is 15.4 Å². The third-order valence-corrected chi connectivity index (χ3v) is 5.57. The molecule has 2 heterocycles. The molecule has 1 fully saturated rings. The summed E-state index contributed by atoms with van der Waals surface area (Å²) in [4.78, 5) is 33.0. The van der Waals surface area contributed by atoms with Gasteiger partial charge in [-0.25, -0.2) is 9.37 Å². The molecule has 1 amide bonds. The minimum absolute atomic E-state index is 0. The van der Waals surface area contributed by atoms with Gasteiger partial charge in [0.25, 0.3) is 0 Å². The van der Waals surface area contributed by atoms with Crippen molar-refractivity contribution in [3.8, 4) is 0 Å². The molecule has 2 aromatic heterocycles. The number of aromatic nitrogens is 2. The average molecular weight is 407 g/mol. The van der Waals surface area contributed by atoms with Crippen LogP contribution in [0.15, 0.2) is 53.9 Å². The minimum atomic E-state index is -1.04. The molecule has 0 aromatic carbocycles. The fourth-order valence-corrected chi connectivity index (χ4v) is 3.69. The highest BCUT2D eigenvalue weighted by Gasteiger charge is 2.43. The monoisotopic (exact) mass is 407 g/mol. The van der Waals surface area contributed by atoms with Crippen molar-refractivity contribution >= 4 is 33.9 Å². The molecule has 1 saturated carbocycles. The minimum Gasteiger partial charge on any atom is -0.310 e. The van der Waals surface area contributed by atoms with Crippen molar-refractivity contribution in [2.45, 2.75) is 39.8 Å². The number of rotatable bonds is 5. The SMILES string of the molecule is CCC(=O)C1C=C(C)C=C(c2cc3cnc(NC(=O)[C@H]4C[C@H]4F)cc3cn2)C(C)=C1.[HH]. The lowest BCUT2D eigenvalue weighted by atomic mass is 9.96.